The van der Waals surface area contributed by atoms with Gasteiger partial charge >= 0.3 is 0 Å². The Kier molecular flexibility index (Phi) is 4.05. The predicted octanol–water partition coefficient (Wildman–Crippen LogP) is 4.63. The number of hydrogen-bond donors (Lipinski definition) is 1. The summed E-state index contributed by atoms with van der Waals surface area (Å²) in [6, 6.07) is 11.7. The molecule has 0 saturated carbocycles. The van der Waals surface area contributed by atoms with Gasteiger partial charge in [-0.25, -0.2) is 0 Å². The molecule has 2 nitrogen and oxygen atoms in total. The fraction of sp³-hybridized carbons (Fsp3) is 0.188. The smallest absolute Gasteiger partial charge is 0.255 e. The van der Waals surface area contributed by atoms with Gasteiger partial charge in [-0.2, -0.15) is 0 Å². The molecule has 0 aliphatic rings. The number of hydrogen-bond acceptors (Lipinski definition) is 1. The monoisotopic (exact) mass is 317 g/mol. The van der Waals surface area contributed by atoms with Gasteiger partial charge in [-0.1, -0.05) is 33.1 Å². The first kappa shape index (κ1) is 13.8. The second-order valence-corrected chi connectivity index (χ2v) is 5.71. The summed E-state index contributed by atoms with van der Waals surface area (Å²) in [5.74, 6) is -0.0720. The van der Waals surface area contributed by atoms with Gasteiger partial charge in [0.25, 0.3) is 5.91 Å². The van der Waals surface area contributed by atoms with E-state index in [1.807, 2.05) is 51.1 Å². The molecule has 0 aliphatic heterocycles. The third-order valence-corrected chi connectivity index (χ3v) is 3.41. The van der Waals surface area contributed by atoms with E-state index in [1.165, 1.54) is 0 Å². The van der Waals surface area contributed by atoms with Crippen molar-refractivity contribution in [1.29, 1.82) is 0 Å². The van der Waals surface area contributed by atoms with Crippen molar-refractivity contribution in [2.24, 2.45) is 0 Å². The number of halogens is 1. The lowest BCUT2D eigenvalue weighted by Crippen LogP contribution is -2.13. The largest absolute Gasteiger partial charge is 0.322 e. The van der Waals surface area contributed by atoms with Crippen molar-refractivity contribution < 1.29 is 4.79 Å². The van der Waals surface area contributed by atoms with Gasteiger partial charge in [0.2, 0.25) is 0 Å². The summed E-state index contributed by atoms with van der Waals surface area (Å²) in [7, 11) is 0. The van der Waals surface area contributed by atoms with Gasteiger partial charge in [0, 0.05) is 15.7 Å². The van der Waals surface area contributed by atoms with E-state index in [0.717, 1.165) is 26.9 Å². The standard InChI is InChI=1S/C16H16BrNO/c1-10-6-11(2)8-13(7-10)16(19)18-15-5-4-14(17)9-12(15)3/h4-9H,1-3H3,(H,18,19). The zero-order valence-corrected chi connectivity index (χ0v) is 12.8. The summed E-state index contributed by atoms with van der Waals surface area (Å²) in [5.41, 5.74) is 4.76. The first-order valence-electron chi connectivity index (χ1n) is 6.11. The highest BCUT2D eigenvalue weighted by Gasteiger charge is 2.08. The van der Waals surface area contributed by atoms with Gasteiger partial charge in [0.15, 0.2) is 0 Å². The van der Waals surface area contributed by atoms with Crippen LogP contribution in [0.4, 0.5) is 5.69 Å². The van der Waals surface area contributed by atoms with Gasteiger partial charge in [0.05, 0.1) is 0 Å². The molecule has 0 atom stereocenters. The Bertz CT molecular complexity index is 614. The Morgan fingerprint density at radius 1 is 1.00 bits per heavy atom. The van der Waals surface area contributed by atoms with Crippen molar-refractivity contribution in [3.63, 3.8) is 0 Å². The van der Waals surface area contributed by atoms with Crippen LogP contribution in [0.15, 0.2) is 40.9 Å². The summed E-state index contributed by atoms with van der Waals surface area (Å²) in [5, 5.41) is 2.95. The van der Waals surface area contributed by atoms with Crippen LogP contribution in [-0.2, 0) is 0 Å². The molecule has 0 saturated heterocycles. The van der Waals surface area contributed by atoms with Crippen LogP contribution in [0.2, 0.25) is 0 Å². The zero-order chi connectivity index (χ0) is 14.0. The summed E-state index contributed by atoms with van der Waals surface area (Å²) in [6.07, 6.45) is 0. The lowest BCUT2D eigenvalue weighted by molar-refractivity contribution is 0.102. The van der Waals surface area contributed by atoms with Crippen LogP contribution >= 0.6 is 15.9 Å². The maximum Gasteiger partial charge on any atom is 0.255 e. The molecule has 0 radical (unpaired) electrons. The lowest BCUT2D eigenvalue weighted by Gasteiger charge is -2.10. The summed E-state index contributed by atoms with van der Waals surface area (Å²) in [4.78, 5) is 12.2. The molecule has 3 heteroatoms. The molecule has 0 bridgehead atoms. The second-order valence-electron chi connectivity index (χ2n) is 4.79. The van der Waals surface area contributed by atoms with Crippen molar-refractivity contribution in [3.05, 3.63) is 63.1 Å². The topological polar surface area (TPSA) is 29.1 Å². The first-order chi connectivity index (χ1) is 8.95. The van der Waals surface area contributed by atoms with Gasteiger partial charge in [-0.15, -0.1) is 0 Å². The van der Waals surface area contributed by atoms with Gasteiger partial charge in [0.1, 0.15) is 0 Å². The number of anilines is 1. The molecular weight excluding hydrogens is 302 g/mol. The Balaban J connectivity index is 2.25. The molecule has 2 aromatic rings. The van der Waals surface area contributed by atoms with E-state index in [2.05, 4.69) is 27.3 Å². The second kappa shape index (κ2) is 5.57. The molecule has 19 heavy (non-hydrogen) atoms. The van der Waals surface area contributed by atoms with E-state index in [-0.39, 0.29) is 5.91 Å². The van der Waals surface area contributed by atoms with Crippen molar-refractivity contribution in [3.8, 4) is 0 Å². The maximum absolute atomic E-state index is 12.2. The van der Waals surface area contributed by atoms with E-state index in [0.29, 0.717) is 5.56 Å². The van der Waals surface area contributed by atoms with Crippen molar-refractivity contribution in [2.75, 3.05) is 5.32 Å². The molecule has 2 rings (SSSR count). The van der Waals surface area contributed by atoms with Gasteiger partial charge in [-0.3, -0.25) is 4.79 Å². The molecule has 0 spiro atoms. The van der Waals surface area contributed by atoms with Crippen LogP contribution in [0, 0.1) is 20.8 Å². The fourth-order valence-corrected chi connectivity index (χ4v) is 2.54. The number of carbonyl (C=O) groups excluding carboxylic acids is 1. The van der Waals surface area contributed by atoms with E-state index < -0.39 is 0 Å². The van der Waals surface area contributed by atoms with Crippen LogP contribution in [0.25, 0.3) is 0 Å². The molecule has 0 unspecified atom stereocenters. The van der Waals surface area contributed by atoms with Crippen molar-refractivity contribution in [1.82, 2.24) is 0 Å². The minimum absolute atomic E-state index is 0.0720. The molecule has 2 aromatic carbocycles. The van der Waals surface area contributed by atoms with Crippen LogP contribution in [0.5, 0.6) is 0 Å². The Hall–Kier alpha value is -1.61. The van der Waals surface area contributed by atoms with E-state index in [4.69, 9.17) is 0 Å². The predicted molar refractivity (Wildman–Crippen MR) is 82.7 cm³/mol. The number of carbonyl (C=O) groups is 1. The molecule has 0 fully saturated rings. The van der Waals surface area contributed by atoms with Crippen molar-refractivity contribution in [2.45, 2.75) is 20.8 Å². The average molecular weight is 318 g/mol. The summed E-state index contributed by atoms with van der Waals surface area (Å²) < 4.78 is 1.01. The molecule has 1 N–H and O–H groups in total. The molecule has 98 valence electrons. The Morgan fingerprint density at radius 2 is 1.63 bits per heavy atom. The highest BCUT2D eigenvalue weighted by molar-refractivity contribution is 9.10. The number of rotatable bonds is 2. The van der Waals surface area contributed by atoms with Crippen LogP contribution in [0.1, 0.15) is 27.0 Å². The van der Waals surface area contributed by atoms with Crippen LogP contribution in [0.3, 0.4) is 0 Å². The highest BCUT2D eigenvalue weighted by atomic mass is 79.9. The van der Waals surface area contributed by atoms with Gasteiger partial charge < -0.3 is 5.32 Å². The highest BCUT2D eigenvalue weighted by Crippen LogP contribution is 2.21. The van der Waals surface area contributed by atoms with Crippen molar-refractivity contribution >= 4 is 27.5 Å². The molecule has 0 aromatic heterocycles. The Labute approximate surface area is 122 Å². The number of nitrogens with one attached hydrogen (secondary N) is 1. The van der Waals surface area contributed by atoms with E-state index in [1.54, 1.807) is 0 Å². The summed E-state index contributed by atoms with van der Waals surface area (Å²) >= 11 is 3.41. The molecule has 0 heterocycles. The average Bonchev–Trinajstić information content (AvgIpc) is 2.31. The zero-order valence-electron chi connectivity index (χ0n) is 11.3. The molecular formula is C16H16BrNO. The van der Waals surface area contributed by atoms with E-state index >= 15 is 0 Å². The normalized spacial score (nSPS) is 10.3. The summed E-state index contributed by atoms with van der Waals surface area (Å²) in [6.45, 7) is 5.96. The number of aryl methyl sites for hydroxylation is 3. The minimum Gasteiger partial charge on any atom is -0.322 e. The van der Waals surface area contributed by atoms with E-state index in [9.17, 15) is 4.79 Å². The number of amides is 1. The quantitative estimate of drug-likeness (QED) is 0.859. The SMILES string of the molecule is Cc1cc(C)cc(C(=O)Nc2ccc(Br)cc2C)c1. The maximum atomic E-state index is 12.2. The third-order valence-electron chi connectivity index (χ3n) is 2.92. The molecule has 0 aliphatic carbocycles. The van der Waals surface area contributed by atoms with Crippen LogP contribution < -0.4 is 5.32 Å². The first-order valence-corrected chi connectivity index (χ1v) is 6.91. The fourth-order valence-electron chi connectivity index (χ4n) is 2.07. The number of benzene rings is 2. The minimum atomic E-state index is -0.0720. The molecule has 1 amide bonds. The third kappa shape index (κ3) is 3.44. The van der Waals surface area contributed by atoms with Gasteiger partial charge in [-0.05, 0) is 56.7 Å². The lowest BCUT2D eigenvalue weighted by atomic mass is 10.1. The Morgan fingerprint density at radius 3 is 2.21 bits per heavy atom. The van der Waals surface area contributed by atoms with Crippen LogP contribution in [-0.4, -0.2) is 5.91 Å².